The molecule has 0 radical (unpaired) electrons. The van der Waals surface area contributed by atoms with E-state index >= 15 is 0 Å². The van der Waals surface area contributed by atoms with Crippen LogP contribution in [0.4, 0.5) is 0 Å². The molecule has 5 aliphatic rings. The Bertz CT molecular complexity index is 1030. The van der Waals surface area contributed by atoms with E-state index < -0.39 is 51.9 Å². The summed E-state index contributed by atoms with van der Waals surface area (Å²) in [6.07, 6.45) is 3.83. The lowest BCUT2D eigenvalue weighted by Crippen LogP contribution is -2.73. The van der Waals surface area contributed by atoms with E-state index in [0.717, 1.165) is 37.7 Å². The van der Waals surface area contributed by atoms with E-state index in [1.165, 1.54) is 0 Å². The molecule has 0 bridgehead atoms. The molecule has 5 aliphatic carbocycles. The molecular formula is C30H46O6. The van der Waals surface area contributed by atoms with Crippen molar-refractivity contribution in [1.29, 1.82) is 0 Å². The zero-order valence-corrected chi connectivity index (χ0v) is 23.1. The fourth-order valence-corrected chi connectivity index (χ4v) is 10.4. The van der Waals surface area contributed by atoms with Crippen LogP contribution in [0.3, 0.4) is 0 Å². The fraction of sp³-hybridized carbons (Fsp3) is 0.867. The first-order valence-corrected chi connectivity index (χ1v) is 13.9. The number of aliphatic carboxylic acids is 1. The van der Waals surface area contributed by atoms with Gasteiger partial charge in [-0.15, -0.1) is 0 Å². The highest BCUT2D eigenvalue weighted by atomic mass is 16.4. The monoisotopic (exact) mass is 502 g/mol. The van der Waals surface area contributed by atoms with Gasteiger partial charge < -0.3 is 20.4 Å². The number of aliphatic hydroxyl groups is 3. The molecule has 0 amide bonds. The summed E-state index contributed by atoms with van der Waals surface area (Å²) < 4.78 is 0. The second-order valence-corrected chi connectivity index (χ2v) is 15.1. The van der Waals surface area contributed by atoms with Crippen molar-refractivity contribution < 1.29 is 30.0 Å². The number of rotatable bonds is 1. The average molecular weight is 503 g/mol. The molecular weight excluding hydrogens is 456 g/mol. The van der Waals surface area contributed by atoms with Crippen molar-refractivity contribution in [2.75, 3.05) is 0 Å². The van der Waals surface area contributed by atoms with Crippen LogP contribution in [-0.4, -0.2) is 50.5 Å². The van der Waals surface area contributed by atoms with Gasteiger partial charge >= 0.3 is 5.97 Å². The number of hydrogen-bond donors (Lipinski definition) is 4. The van der Waals surface area contributed by atoms with Crippen molar-refractivity contribution in [2.24, 2.45) is 50.2 Å². The maximum Gasteiger partial charge on any atom is 0.309 e. The topological polar surface area (TPSA) is 115 Å². The quantitative estimate of drug-likeness (QED) is 0.424. The van der Waals surface area contributed by atoms with E-state index in [9.17, 15) is 30.0 Å². The summed E-state index contributed by atoms with van der Waals surface area (Å²) in [4.78, 5) is 26.5. The second kappa shape index (κ2) is 7.45. The number of aliphatic hydroxyl groups excluding tert-OH is 3. The number of hydrogen-bond acceptors (Lipinski definition) is 5. The molecule has 36 heavy (non-hydrogen) atoms. The van der Waals surface area contributed by atoms with Crippen LogP contribution in [0.2, 0.25) is 0 Å². The molecule has 0 aromatic rings. The predicted molar refractivity (Wildman–Crippen MR) is 136 cm³/mol. The molecule has 0 spiro atoms. The SMILES string of the molecule is CC1(C)[C@H](O)[C@@H](O)[C@H](O)[C@]2(C)[C@H]3C(=O)C=C4[C@@H]5C[C@@](C)(C(=O)O)CC[C@]5(C)CC[C@@]4(C)[C@]3(C)CC[C@@H]12. The minimum absolute atomic E-state index is 0.00228. The van der Waals surface area contributed by atoms with Gasteiger partial charge in [0.25, 0.3) is 0 Å². The summed E-state index contributed by atoms with van der Waals surface area (Å²) in [7, 11) is 0. The van der Waals surface area contributed by atoms with Gasteiger partial charge in [0.15, 0.2) is 5.78 Å². The van der Waals surface area contributed by atoms with Gasteiger partial charge in [-0.3, -0.25) is 9.59 Å². The molecule has 0 aromatic heterocycles. The van der Waals surface area contributed by atoms with E-state index in [1.54, 1.807) is 0 Å². The Morgan fingerprint density at radius 2 is 1.50 bits per heavy atom. The van der Waals surface area contributed by atoms with Gasteiger partial charge in [0, 0.05) is 11.3 Å². The van der Waals surface area contributed by atoms with Crippen molar-refractivity contribution in [3.8, 4) is 0 Å². The van der Waals surface area contributed by atoms with Gasteiger partial charge in [0.1, 0.15) is 6.10 Å². The molecule has 6 nitrogen and oxygen atoms in total. The van der Waals surface area contributed by atoms with E-state index in [2.05, 4.69) is 20.8 Å². The summed E-state index contributed by atoms with van der Waals surface area (Å²) in [5.74, 6) is -1.30. The van der Waals surface area contributed by atoms with Crippen molar-refractivity contribution in [3.63, 3.8) is 0 Å². The lowest BCUT2D eigenvalue weighted by atomic mass is 9.33. The summed E-state index contributed by atoms with van der Waals surface area (Å²) in [6.45, 7) is 14.5. The molecule has 0 heterocycles. The average Bonchev–Trinajstić information content (AvgIpc) is 2.79. The van der Waals surface area contributed by atoms with E-state index in [4.69, 9.17) is 0 Å². The molecule has 6 heteroatoms. The Labute approximate surface area is 215 Å². The normalized spacial score (nSPS) is 55.9. The van der Waals surface area contributed by atoms with Crippen LogP contribution in [0.5, 0.6) is 0 Å². The minimum Gasteiger partial charge on any atom is -0.481 e. The first-order valence-electron chi connectivity index (χ1n) is 13.9. The summed E-state index contributed by atoms with van der Waals surface area (Å²) >= 11 is 0. The first-order chi connectivity index (χ1) is 16.4. The molecule has 0 aromatic carbocycles. The molecule has 202 valence electrons. The fourth-order valence-electron chi connectivity index (χ4n) is 10.4. The lowest BCUT2D eigenvalue weighted by Gasteiger charge is -2.71. The molecule has 4 saturated carbocycles. The number of fused-ring (bicyclic) bond motifs is 7. The number of carboxylic acids is 1. The maximum absolute atomic E-state index is 14.3. The van der Waals surface area contributed by atoms with Gasteiger partial charge in [0.05, 0.1) is 17.6 Å². The summed E-state index contributed by atoms with van der Waals surface area (Å²) in [6, 6.07) is 0. The molecule has 4 fully saturated rings. The Morgan fingerprint density at radius 1 is 0.889 bits per heavy atom. The van der Waals surface area contributed by atoms with Crippen LogP contribution in [0.1, 0.15) is 93.4 Å². The van der Waals surface area contributed by atoms with Crippen molar-refractivity contribution in [3.05, 3.63) is 11.6 Å². The summed E-state index contributed by atoms with van der Waals surface area (Å²) in [5.41, 5.74) is -1.94. The van der Waals surface area contributed by atoms with Crippen LogP contribution >= 0.6 is 0 Å². The predicted octanol–water partition coefficient (Wildman–Crippen LogP) is 4.35. The molecule has 0 unspecified atom stereocenters. The third kappa shape index (κ3) is 2.90. The maximum atomic E-state index is 14.3. The third-order valence-electron chi connectivity index (χ3n) is 13.2. The molecule has 4 N–H and O–H groups in total. The van der Waals surface area contributed by atoms with Crippen LogP contribution in [0, 0.1) is 50.2 Å². The first kappa shape index (κ1) is 26.4. The smallest absolute Gasteiger partial charge is 0.309 e. The van der Waals surface area contributed by atoms with Crippen LogP contribution < -0.4 is 0 Å². The molecule has 0 aliphatic heterocycles. The number of allylic oxidation sites excluding steroid dienone is 2. The summed E-state index contributed by atoms with van der Waals surface area (Å²) in [5, 5.41) is 43.4. The van der Waals surface area contributed by atoms with Crippen LogP contribution in [0.25, 0.3) is 0 Å². The molecule has 0 saturated heterocycles. The Kier molecular flexibility index (Phi) is 5.45. The van der Waals surface area contributed by atoms with Gasteiger partial charge in [-0.25, -0.2) is 0 Å². The van der Waals surface area contributed by atoms with E-state index in [1.807, 2.05) is 33.8 Å². The largest absolute Gasteiger partial charge is 0.481 e. The Balaban J connectivity index is 1.66. The highest BCUT2D eigenvalue weighted by molar-refractivity contribution is 5.96. The van der Waals surface area contributed by atoms with Gasteiger partial charge in [-0.05, 0) is 91.4 Å². The third-order valence-corrected chi connectivity index (χ3v) is 13.2. The zero-order valence-electron chi connectivity index (χ0n) is 23.1. The minimum atomic E-state index is -1.31. The van der Waals surface area contributed by atoms with Crippen LogP contribution in [0.15, 0.2) is 11.6 Å². The van der Waals surface area contributed by atoms with Crippen molar-refractivity contribution in [1.82, 2.24) is 0 Å². The zero-order chi connectivity index (χ0) is 26.9. The molecule has 11 atom stereocenters. The number of carbonyl (C=O) groups excluding carboxylic acids is 1. The number of carbonyl (C=O) groups is 2. The Morgan fingerprint density at radius 3 is 2.11 bits per heavy atom. The lowest BCUT2D eigenvalue weighted by molar-refractivity contribution is -0.272. The van der Waals surface area contributed by atoms with E-state index in [0.29, 0.717) is 12.8 Å². The highest BCUT2D eigenvalue weighted by Crippen LogP contribution is 2.75. The highest BCUT2D eigenvalue weighted by Gasteiger charge is 2.73. The van der Waals surface area contributed by atoms with Crippen molar-refractivity contribution in [2.45, 2.75) is 112 Å². The molecule has 5 rings (SSSR count). The standard InChI is InChI=1S/C30H46O6/c1-25(2)19-8-9-29(6)21(30(19,7)23(34)20(32)22(25)33)18(31)14-16-17-15-27(4,24(35)36)11-10-26(17,3)12-13-28(16,29)5/h14,17,19-23,32-34H,8-13,15H2,1-7H3,(H,35,36)/t17-,19-,20+,21-,22+,23-,26+,27-,28+,29+,30-/m0/s1. The Hall–Kier alpha value is -1.24. The second-order valence-electron chi connectivity index (χ2n) is 15.1. The van der Waals surface area contributed by atoms with Crippen molar-refractivity contribution >= 4 is 11.8 Å². The number of ketones is 1. The van der Waals surface area contributed by atoms with Gasteiger partial charge in [0.2, 0.25) is 0 Å². The van der Waals surface area contributed by atoms with Gasteiger partial charge in [-0.1, -0.05) is 47.1 Å². The van der Waals surface area contributed by atoms with E-state index in [-0.39, 0.29) is 28.4 Å². The number of carboxylic acid groups (broad SMARTS) is 1. The van der Waals surface area contributed by atoms with Crippen LogP contribution in [-0.2, 0) is 9.59 Å². The van der Waals surface area contributed by atoms with Gasteiger partial charge in [-0.2, -0.15) is 0 Å².